The molecule has 1 fully saturated rings. The van der Waals surface area contributed by atoms with Gasteiger partial charge in [-0.1, -0.05) is 48.5 Å². The number of rotatable bonds is 6. The van der Waals surface area contributed by atoms with Crippen molar-refractivity contribution >= 4 is 32.4 Å². The Hall–Kier alpha value is -3.23. The molecule has 7 nitrogen and oxygen atoms in total. The molecule has 1 amide bonds. The molecule has 172 valence electrons. The Labute approximate surface area is 193 Å². The predicted molar refractivity (Wildman–Crippen MR) is 130 cm³/mol. The first-order valence-electron chi connectivity index (χ1n) is 11.0. The van der Waals surface area contributed by atoms with Gasteiger partial charge in [-0.25, -0.2) is 8.42 Å². The largest absolute Gasteiger partial charge is 0.384 e. The lowest BCUT2D eigenvalue weighted by atomic mass is 10.0. The maximum absolute atomic E-state index is 14.0. The van der Waals surface area contributed by atoms with Crippen molar-refractivity contribution in [1.29, 1.82) is 5.41 Å². The van der Waals surface area contributed by atoms with E-state index in [1.807, 2.05) is 24.3 Å². The highest BCUT2D eigenvalue weighted by Crippen LogP contribution is 2.31. The molecule has 0 aromatic heterocycles. The second kappa shape index (κ2) is 8.96. The van der Waals surface area contributed by atoms with Crippen molar-refractivity contribution in [3.8, 4) is 0 Å². The fourth-order valence-corrected chi connectivity index (χ4v) is 6.01. The van der Waals surface area contributed by atoms with Crippen molar-refractivity contribution in [3.05, 3.63) is 77.9 Å². The molecule has 1 heterocycles. The van der Waals surface area contributed by atoms with Crippen LogP contribution in [0.25, 0.3) is 10.8 Å². The van der Waals surface area contributed by atoms with Gasteiger partial charge >= 0.3 is 0 Å². The second-order valence-corrected chi connectivity index (χ2v) is 10.8. The number of benzene rings is 3. The number of fused-ring (bicyclic) bond motifs is 1. The van der Waals surface area contributed by atoms with Gasteiger partial charge in [-0.05, 0) is 53.8 Å². The second-order valence-electron chi connectivity index (χ2n) is 8.55. The molecule has 0 aliphatic carbocycles. The quantitative estimate of drug-likeness (QED) is 0.381. The highest BCUT2D eigenvalue weighted by atomic mass is 32.2. The van der Waals surface area contributed by atoms with Crippen LogP contribution in [-0.2, 0) is 21.1 Å². The number of piperidine rings is 1. The van der Waals surface area contributed by atoms with Crippen LogP contribution in [0.3, 0.4) is 0 Å². The van der Waals surface area contributed by atoms with E-state index in [1.54, 1.807) is 41.3 Å². The van der Waals surface area contributed by atoms with Gasteiger partial charge in [0.05, 0.1) is 4.90 Å². The molecule has 5 N–H and O–H groups in total. The monoisotopic (exact) mass is 464 g/mol. The van der Waals surface area contributed by atoms with E-state index < -0.39 is 20.6 Å². The average Bonchev–Trinajstić information content (AvgIpc) is 2.83. The Morgan fingerprint density at radius 1 is 0.939 bits per heavy atom. The number of amidine groups is 1. The molecular formula is C25H28N4O3S. The molecule has 1 aliphatic rings. The van der Waals surface area contributed by atoms with E-state index in [-0.39, 0.29) is 17.2 Å². The summed E-state index contributed by atoms with van der Waals surface area (Å²) in [6.07, 6.45) is 2.41. The van der Waals surface area contributed by atoms with Crippen LogP contribution in [0.15, 0.2) is 71.6 Å². The number of nitrogens with zero attached hydrogens (tertiary/aromatic N) is 1. The summed E-state index contributed by atoms with van der Waals surface area (Å²) in [7, 11) is -4.27. The van der Waals surface area contributed by atoms with Crippen LogP contribution in [-0.4, -0.2) is 43.0 Å². The van der Waals surface area contributed by atoms with Crippen molar-refractivity contribution in [3.63, 3.8) is 0 Å². The summed E-state index contributed by atoms with van der Waals surface area (Å²) < 4.78 is 27.9. The Bertz CT molecular complexity index is 1320. The number of sulfone groups is 1. The minimum absolute atomic E-state index is 0.0109. The summed E-state index contributed by atoms with van der Waals surface area (Å²) in [5.74, 6) is -0.734. The van der Waals surface area contributed by atoms with Gasteiger partial charge in [0.2, 0.25) is 14.7 Å². The minimum Gasteiger partial charge on any atom is -0.384 e. The van der Waals surface area contributed by atoms with Crippen LogP contribution in [0, 0.1) is 5.41 Å². The molecule has 0 spiro atoms. The fraction of sp³-hybridized carbons (Fsp3) is 0.280. The molecule has 3 aromatic rings. The van der Waals surface area contributed by atoms with Crippen LogP contribution < -0.4 is 11.5 Å². The highest BCUT2D eigenvalue weighted by Gasteiger charge is 2.50. The number of nitrogen functional groups attached to an aromatic ring is 1. The van der Waals surface area contributed by atoms with Gasteiger partial charge in [0, 0.05) is 25.1 Å². The van der Waals surface area contributed by atoms with Gasteiger partial charge in [0.15, 0.2) is 0 Å². The number of amides is 1. The Balaban J connectivity index is 1.82. The first kappa shape index (κ1) is 22.9. The van der Waals surface area contributed by atoms with E-state index in [2.05, 4.69) is 0 Å². The molecule has 1 saturated heterocycles. The number of carbonyl (C=O) groups excluding carboxylic acids is 1. The van der Waals surface area contributed by atoms with Gasteiger partial charge < -0.3 is 16.4 Å². The number of nitrogens with one attached hydrogen (secondary N) is 1. The normalized spacial score (nSPS) is 16.3. The lowest BCUT2D eigenvalue weighted by Crippen LogP contribution is -2.62. The standard InChI is InChI=1S/C25H28N4O3S/c26-23(27)21-10-6-7-18(15-21)17-25(28,24(30)29-13-4-1-5-14-29)33(31,32)22-12-11-19-8-2-3-9-20(19)16-22/h2-3,6-12,15-16H,1,4-5,13-14,17,28H2,(H3,26,27)/t25-/m1/s1. The lowest BCUT2D eigenvalue weighted by molar-refractivity contribution is -0.134. The zero-order chi connectivity index (χ0) is 23.6. The van der Waals surface area contributed by atoms with E-state index in [0.717, 1.165) is 30.0 Å². The SMILES string of the molecule is N=C(N)c1cccc(C[C@](N)(C(=O)N2CCCCC2)S(=O)(=O)c2ccc3ccccc3c2)c1. The van der Waals surface area contributed by atoms with Crippen LogP contribution in [0.4, 0.5) is 0 Å². The first-order chi connectivity index (χ1) is 15.7. The first-order valence-corrected chi connectivity index (χ1v) is 12.5. The van der Waals surface area contributed by atoms with Crippen molar-refractivity contribution in [2.24, 2.45) is 11.5 Å². The number of hydrogen-bond acceptors (Lipinski definition) is 5. The average molecular weight is 465 g/mol. The van der Waals surface area contributed by atoms with Gasteiger partial charge in [-0.15, -0.1) is 0 Å². The smallest absolute Gasteiger partial charge is 0.259 e. The van der Waals surface area contributed by atoms with Gasteiger partial charge in [0.25, 0.3) is 5.91 Å². The fourth-order valence-electron chi connectivity index (χ4n) is 4.35. The molecule has 0 radical (unpaired) electrons. The lowest BCUT2D eigenvalue weighted by Gasteiger charge is -2.36. The van der Waals surface area contributed by atoms with E-state index in [0.29, 0.717) is 24.2 Å². The zero-order valence-corrected chi connectivity index (χ0v) is 19.1. The third-order valence-electron chi connectivity index (χ3n) is 6.22. The van der Waals surface area contributed by atoms with Crippen molar-refractivity contribution in [1.82, 2.24) is 4.90 Å². The Morgan fingerprint density at radius 3 is 2.33 bits per heavy atom. The third-order valence-corrected chi connectivity index (χ3v) is 8.37. The van der Waals surface area contributed by atoms with E-state index in [4.69, 9.17) is 16.9 Å². The summed E-state index contributed by atoms with van der Waals surface area (Å²) in [6.45, 7) is 0.969. The van der Waals surface area contributed by atoms with Crippen LogP contribution >= 0.6 is 0 Å². The summed E-state index contributed by atoms with van der Waals surface area (Å²) in [5, 5.41) is 9.35. The summed E-state index contributed by atoms with van der Waals surface area (Å²) in [5.41, 5.74) is 13.2. The molecule has 0 unspecified atom stereocenters. The molecule has 1 atom stereocenters. The summed E-state index contributed by atoms with van der Waals surface area (Å²) in [4.78, 5) is 13.1. The van der Waals surface area contributed by atoms with E-state index in [9.17, 15) is 13.2 Å². The number of hydrogen-bond donors (Lipinski definition) is 3. The Kier molecular flexibility index (Phi) is 6.23. The summed E-state index contributed by atoms with van der Waals surface area (Å²) >= 11 is 0. The van der Waals surface area contributed by atoms with Gasteiger partial charge in [-0.2, -0.15) is 0 Å². The van der Waals surface area contributed by atoms with Gasteiger partial charge in [0.1, 0.15) is 5.84 Å². The maximum atomic E-state index is 14.0. The minimum atomic E-state index is -4.27. The predicted octanol–water partition coefficient (Wildman–Crippen LogP) is 2.81. The third kappa shape index (κ3) is 4.36. The molecule has 33 heavy (non-hydrogen) atoms. The van der Waals surface area contributed by atoms with E-state index in [1.165, 1.54) is 6.07 Å². The van der Waals surface area contributed by atoms with Crippen LogP contribution in [0.5, 0.6) is 0 Å². The van der Waals surface area contributed by atoms with Crippen molar-refractivity contribution in [2.75, 3.05) is 13.1 Å². The van der Waals surface area contributed by atoms with E-state index >= 15 is 0 Å². The molecular weight excluding hydrogens is 436 g/mol. The topological polar surface area (TPSA) is 130 Å². The zero-order valence-electron chi connectivity index (χ0n) is 18.3. The molecule has 3 aromatic carbocycles. The maximum Gasteiger partial charge on any atom is 0.259 e. The number of likely N-dealkylation sites (tertiary alicyclic amines) is 1. The Morgan fingerprint density at radius 2 is 1.64 bits per heavy atom. The van der Waals surface area contributed by atoms with Crippen LogP contribution in [0.1, 0.15) is 30.4 Å². The molecule has 4 rings (SSSR count). The van der Waals surface area contributed by atoms with Crippen LogP contribution in [0.2, 0.25) is 0 Å². The number of nitrogens with two attached hydrogens (primary N) is 2. The highest BCUT2D eigenvalue weighted by molar-refractivity contribution is 7.93. The molecule has 0 bridgehead atoms. The number of carbonyl (C=O) groups is 1. The summed E-state index contributed by atoms with van der Waals surface area (Å²) in [6, 6.07) is 18.9. The molecule has 0 saturated carbocycles. The molecule has 1 aliphatic heterocycles. The van der Waals surface area contributed by atoms with Gasteiger partial charge in [-0.3, -0.25) is 10.2 Å². The van der Waals surface area contributed by atoms with Crippen molar-refractivity contribution in [2.45, 2.75) is 35.4 Å². The molecule has 8 heteroatoms. The van der Waals surface area contributed by atoms with Crippen molar-refractivity contribution < 1.29 is 13.2 Å².